The fourth-order valence-electron chi connectivity index (χ4n) is 7.20. The van der Waals surface area contributed by atoms with Crippen LogP contribution in [0.15, 0.2) is 54.6 Å². The molecule has 5 rings (SSSR count). The van der Waals surface area contributed by atoms with Gasteiger partial charge in [-0.1, -0.05) is 75.4 Å². The highest BCUT2D eigenvalue weighted by molar-refractivity contribution is 5.64. The molecule has 0 unspecified atom stereocenters. The molecular formula is C37H42F6O. The van der Waals surface area contributed by atoms with Crippen LogP contribution < -0.4 is 4.74 Å². The number of hydrogen-bond donors (Lipinski definition) is 0. The summed E-state index contributed by atoms with van der Waals surface area (Å²) >= 11 is 0. The van der Waals surface area contributed by atoms with Crippen molar-refractivity contribution in [3.63, 3.8) is 0 Å². The summed E-state index contributed by atoms with van der Waals surface area (Å²) in [6, 6.07) is 14.4. The summed E-state index contributed by atoms with van der Waals surface area (Å²) < 4.78 is 89.6. The first kappa shape index (κ1) is 32.4. The molecule has 2 saturated carbocycles. The van der Waals surface area contributed by atoms with Crippen LogP contribution >= 0.6 is 0 Å². The summed E-state index contributed by atoms with van der Waals surface area (Å²) in [5.74, 6) is -6.05. The highest BCUT2D eigenvalue weighted by atomic mass is 19.3. The Kier molecular flexibility index (Phi) is 10.6. The summed E-state index contributed by atoms with van der Waals surface area (Å²) in [5, 5.41) is 0. The van der Waals surface area contributed by atoms with Crippen LogP contribution in [0.4, 0.5) is 26.3 Å². The fourth-order valence-corrected chi connectivity index (χ4v) is 7.20. The largest absolute Gasteiger partial charge is 0.432 e. The van der Waals surface area contributed by atoms with E-state index in [-0.39, 0.29) is 24.6 Å². The standard InChI is InChI=1S/C37H42F6O/c1-2-3-4-5-6-24-7-9-25(10-8-24)26-11-13-27(14-12-26)29-17-20-32(33(38)21-29)28-15-18-30(19-16-28)37(42,43)44-31-22-34(39)36(41)35(40)23-31/h11-14,17,20-25,28,30H,2-10,15-16,18-19H2,1H3. The zero-order valence-electron chi connectivity index (χ0n) is 25.4. The fraction of sp³-hybridized carbons (Fsp3) is 0.514. The van der Waals surface area contributed by atoms with Gasteiger partial charge in [0.2, 0.25) is 0 Å². The van der Waals surface area contributed by atoms with Crippen LogP contribution in [0.1, 0.15) is 113 Å². The molecular weight excluding hydrogens is 574 g/mol. The molecule has 3 aromatic carbocycles. The lowest BCUT2D eigenvalue weighted by Gasteiger charge is -2.33. The summed E-state index contributed by atoms with van der Waals surface area (Å²) in [6.45, 7) is 2.25. The molecule has 0 aromatic heterocycles. The van der Waals surface area contributed by atoms with Crippen LogP contribution in [0.3, 0.4) is 0 Å². The zero-order valence-corrected chi connectivity index (χ0v) is 25.4. The van der Waals surface area contributed by atoms with Crippen LogP contribution in [-0.2, 0) is 0 Å². The van der Waals surface area contributed by atoms with E-state index in [2.05, 4.69) is 35.9 Å². The molecule has 0 radical (unpaired) electrons. The van der Waals surface area contributed by atoms with Gasteiger partial charge in [-0.25, -0.2) is 17.6 Å². The smallest absolute Gasteiger partial charge is 0.400 e. The van der Waals surface area contributed by atoms with Crippen molar-refractivity contribution in [1.29, 1.82) is 0 Å². The molecule has 2 aliphatic rings. The van der Waals surface area contributed by atoms with Crippen molar-refractivity contribution in [2.75, 3.05) is 0 Å². The van der Waals surface area contributed by atoms with Gasteiger partial charge in [-0.05, 0) is 97.4 Å². The topological polar surface area (TPSA) is 9.23 Å². The van der Waals surface area contributed by atoms with Gasteiger partial charge in [0.25, 0.3) is 0 Å². The van der Waals surface area contributed by atoms with E-state index in [0.29, 0.717) is 36.5 Å². The molecule has 238 valence electrons. The summed E-state index contributed by atoms with van der Waals surface area (Å²) in [6.07, 6.45) is 8.76. The van der Waals surface area contributed by atoms with E-state index >= 15 is 4.39 Å². The van der Waals surface area contributed by atoms with Crippen LogP contribution in [0.2, 0.25) is 0 Å². The molecule has 1 nitrogen and oxygen atoms in total. The minimum absolute atomic E-state index is 0.0489. The Bertz CT molecular complexity index is 1350. The Hall–Kier alpha value is -2.96. The van der Waals surface area contributed by atoms with E-state index in [1.54, 1.807) is 6.07 Å². The Labute approximate surface area is 257 Å². The van der Waals surface area contributed by atoms with Gasteiger partial charge in [0.1, 0.15) is 11.6 Å². The predicted octanol–water partition coefficient (Wildman–Crippen LogP) is 12.1. The molecule has 0 aliphatic heterocycles. The molecule has 0 heterocycles. The van der Waals surface area contributed by atoms with Gasteiger partial charge >= 0.3 is 6.11 Å². The van der Waals surface area contributed by atoms with Crippen molar-refractivity contribution >= 4 is 0 Å². The van der Waals surface area contributed by atoms with E-state index in [9.17, 15) is 22.0 Å². The first-order valence-electron chi connectivity index (χ1n) is 16.3. The number of rotatable bonds is 11. The minimum Gasteiger partial charge on any atom is -0.432 e. The van der Waals surface area contributed by atoms with Gasteiger partial charge in [0.15, 0.2) is 17.5 Å². The molecule has 0 spiro atoms. The van der Waals surface area contributed by atoms with Gasteiger partial charge in [0.05, 0.1) is 5.92 Å². The van der Waals surface area contributed by atoms with Gasteiger partial charge < -0.3 is 4.74 Å². The first-order chi connectivity index (χ1) is 21.1. The maximum Gasteiger partial charge on any atom is 0.400 e. The van der Waals surface area contributed by atoms with Gasteiger partial charge in [0, 0.05) is 12.1 Å². The maximum atomic E-state index is 15.3. The van der Waals surface area contributed by atoms with Crippen molar-refractivity contribution in [3.8, 4) is 16.9 Å². The molecule has 0 bridgehead atoms. The van der Waals surface area contributed by atoms with Crippen molar-refractivity contribution in [3.05, 3.63) is 89.0 Å². The summed E-state index contributed by atoms with van der Waals surface area (Å²) in [4.78, 5) is 0. The lowest BCUT2D eigenvalue weighted by Crippen LogP contribution is -2.37. The van der Waals surface area contributed by atoms with Crippen molar-refractivity contribution in [2.45, 2.75) is 108 Å². The Morgan fingerprint density at radius 1 is 0.659 bits per heavy atom. The molecule has 0 amide bonds. The molecule has 0 saturated heterocycles. The number of ether oxygens (including phenoxy) is 1. The SMILES string of the molecule is CCCCCCC1CCC(c2ccc(-c3ccc(C4CCC(C(F)(F)Oc5cc(F)c(F)c(F)c5)CC4)c(F)c3)cc2)CC1. The Morgan fingerprint density at radius 2 is 1.27 bits per heavy atom. The average Bonchev–Trinajstić information content (AvgIpc) is 3.02. The van der Waals surface area contributed by atoms with E-state index < -0.39 is 35.2 Å². The molecule has 44 heavy (non-hydrogen) atoms. The van der Waals surface area contributed by atoms with Gasteiger partial charge in [-0.15, -0.1) is 0 Å². The molecule has 2 aliphatic carbocycles. The highest BCUT2D eigenvalue weighted by Crippen LogP contribution is 2.44. The van der Waals surface area contributed by atoms with Crippen LogP contribution in [0, 0.1) is 35.1 Å². The predicted molar refractivity (Wildman–Crippen MR) is 162 cm³/mol. The van der Waals surface area contributed by atoms with Gasteiger partial charge in [-0.3, -0.25) is 0 Å². The van der Waals surface area contributed by atoms with Crippen LogP contribution in [-0.4, -0.2) is 6.11 Å². The Balaban J connectivity index is 1.14. The van der Waals surface area contributed by atoms with Gasteiger partial charge in [-0.2, -0.15) is 8.78 Å². The van der Waals surface area contributed by atoms with Crippen molar-refractivity contribution < 1.29 is 31.1 Å². The number of benzene rings is 3. The Morgan fingerprint density at radius 3 is 1.89 bits per heavy atom. The van der Waals surface area contributed by atoms with E-state index in [1.807, 2.05) is 6.07 Å². The van der Waals surface area contributed by atoms with E-state index in [0.717, 1.165) is 17.0 Å². The second kappa shape index (κ2) is 14.4. The van der Waals surface area contributed by atoms with Crippen molar-refractivity contribution in [1.82, 2.24) is 0 Å². The maximum absolute atomic E-state index is 15.3. The third-order valence-electron chi connectivity index (χ3n) is 9.88. The number of unbranched alkanes of at least 4 members (excludes halogenated alkanes) is 3. The minimum atomic E-state index is -3.70. The first-order valence-corrected chi connectivity index (χ1v) is 16.3. The monoisotopic (exact) mass is 616 g/mol. The third kappa shape index (κ3) is 7.81. The lowest BCUT2D eigenvalue weighted by atomic mass is 9.76. The van der Waals surface area contributed by atoms with E-state index in [4.69, 9.17) is 0 Å². The number of alkyl halides is 2. The second-order valence-electron chi connectivity index (χ2n) is 12.8. The molecule has 7 heteroatoms. The molecule has 0 N–H and O–H groups in total. The summed E-state index contributed by atoms with van der Waals surface area (Å²) in [5.41, 5.74) is 3.57. The quantitative estimate of drug-likeness (QED) is 0.118. The van der Waals surface area contributed by atoms with Crippen LogP contribution in [0.25, 0.3) is 11.1 Å². The average molecular weight is 617 g/mol. The third-order valence-corrected chi connectivity index (χ3v) is 9.88. The van der Waals surface area contributed by atoms with Crippen molar-refractivity contribution in [2.24, 2.45) is 11.8 Å². The zero-order chi connectivity index (χ0) is 31.3. The molecule has 3 aromatic rings. The normalized spacial score (nSPS) is 22.6. The number of halogens is 6. The second-order valence-corrected chi connectivity index (χ2v) is 12.8. The van der Waals surface area contributed by atoms with E-state index in [1.165, 1.54) is 69.4 Å². The highest BCUT2D eigenvalue weighted by Gasteiger charge is 2.44. The van der Waals surface area contributed by atoms with Crippen LogP contribution in [0.5, 0.6) is 5.75 Å². The number of hydrogen-bond acceptors (Lipinski definition) is 1. The lowest BCUT2D eigenvalue weighted by molar-refractivity contribution is -0.222. The molecule has 2 fully saturated rings. The summed E-state index contributed by atoms with van der Waals surface area (Å²) in [7, 11) is 0. The molecule has 0 atom stereocenters.